The van der Waals surface area contributed by atoms with Crippen molar-refractivity contribution in [1.29, 1.82) is 0 Å². The molecule has 5 heteroatoms. The topological polar surface area (TPSA) is 17.1 Å². The predicted octanol–water partition coefficient (Wildman–Crippen LogP) is 5.03. The van der Waals surface area contributed by atoms with Crippen LogP contribution in [0.2, 0.25) is 10.0 Å². The van der Waals surface area contributed by atoms with Gasteiger partial charge in [0.1, 0.15) is 0 Å². The van der Waals surface area contributed by atoms with Crippen LogP contribution < -0.4 is 0 Å². The van der Waals surface area contributed by atoms with Gasteiger partial charge in [0.25, 0.3) is 0 Å². The van der Waals surface area contributed by atoms with Crippen molar-refractivity contribution in [2.45, 2.75) is 4.90 Å². The lowest BCUT2D eigenvalue weighted by Gasteiger charge is -2.02. The molecule has 1 aromatic carbocycles. The molecule has 2 rings (SSSR count). The van der Waals surface area contributed by atoms with E-state index >= 15 is 0 Å². The summed E-state index contributed by atoms with van der Waals surface area (Å²) >= 11 is 14.7. The van der Waals surface area contributed by atoms with Crippen molar-refractivity contribution in [1.82, 2.24) is 0 Å². The number of halogens is 2. The quantitative estimate of drug-likeness (QED) is 0.582. The molecule has 0 saturated heterocycles. The highest BCUT2D eigenvalue weighted by Crippen LogP contribution is 2.29. The highest BCUT2D eigenvalue weighted by molar-refractivity contribution is 8.00. The van der Waals surface area contributed by atoms with Gasteiger partial charge in [-0.1, -0.05) is 35.3 Å². The predicted molar refractivity (Wildman–Crippen MR) is 75.8 cm³/mol. The minimum absolute atomic E-state index is 0.0370. The van der Waals surface area contributed by atoms with Gasteiger partial charge in [-0.2, -0.15) is 0 Å². The molecule has 0 radical (unpaired) electrons. The van der Waals surface area contributed by atoms with E-state index in [4.69, 9.17) is 23.2 Å². The normalized spacial score (nSPS) is 10.5. The number of benzene rings is 1. The van der Waals surface area contributed by atoms with Gasteiger partial charge in [0.05, 0.1) is 20.7 Å². The van der Waals surface area contributed by atoms with Crippen molar-refractivity contribution in [3.8, 4) is 0 Å². The van der Waals surface area contributed by atoms with Crippen LogP contribution in [-0.4, -0.2) is 11.5 Å². The Morgan fingerprint density at radius 3 is 2.59 bits per heavy atom. The molecule has 88 valence electrons. The number of hydrogen-bond acceptors (Lipinski definition) is 3. The van der Waals surface area contributed by atoms with Gasteiger partial charge in [0.2, 0.25) is 0 Å². The highest BCUT2D eigenvalue weighted by Gasteiger charge is 2.12. The van der Waals surface area contributed by atoms with E-state index < -0.39 is 0 Å². The van der Waals surface area contributed by atoms with E-state index in [1.165, 1.54) is 23.1 Å². The molecule has 1 nitrogen and oxygen atoms in total. The lowest BCUT2D eigenvalue weighted by molar-refractivity contribution is 0.102. The van der Waals surface area contributed by atoms with Crippen LogP contribution >= 0.6 is 46.3 Å². The van der Waals surface area contributed by atoms with Crippen molar-refractivity contribution in [3.63, 3.8) is 0 Å². The molecular formula is C12H8Cl2OS2. The van der Waals surface area contributed by atoms with Crippen molar-refractivity contribution in [2.24, 2.45) is 0 Å². The van der Waals surface area contributed by atoms with Crippen LogP contribution in [-0.2, 0) is 0 Å². The summed E-state index contributed by atoms with van der Waals surface area (Å²) in [5.41, 5.74) is 0. The summed E-state index contributed by atoms with van der Waals surface area (Å²) in [6.07, 6.45) is 0. The summed E-state index contributed by atoms with van der Waals surface area (Å²) in [6, 6.07) is 9.21. The first-order chi connectivity index (χ1) is 8.18. The third-order valence-corrected chi connectivity index (χ3v) is 4.96. The largest absolute Gasteiger partial charge is 0.292 e. The molecule has 0 bridgehead atoms. The SMILES string of the molecule is O=C(CSc1ccccc1Cl)c1sccc1Cl. The van der Waals surface area contributed by atoms with Gasteiger partial charge in [-0.05, 0) is 23.6 Å². The maximum absolute atomic E-state index is 11.9. The average Bonchev–Trinajstić information content (AvgIpc) is 2.74. The standard InChI is InChI=1S/C12H8Cl2OS2/c13-8-3-1-2-4-11(8)17-7-10(15)12-9(14)5-6-16-12/h1-6H,7H2. The molecule has 0 fully saturated rings. The van der Waals surface area contributed by atoms with Crippen LogP contribution in [0.4, 0.5) is 0 Å². The molecule has 2 aromatic rings. The van der Waals surface area contributed by atoms with Crippen LogP contribution in [0.5, 0.6) is 0 Å². The number of carbonyl (C=O) groups is 1. The first kappa shape index (κ1) is 13.0. The molecule has 0 aliphatic carbocycles. The average molecular weight is 303 g/mol. The minimum atomic E-state index is 0.0370. The Bertz CT molecular complexity index is 537. The van der Waals surface area contributed by atoms with Crippen LogP contribution in [0, 0.1) is 0 Å². The lowest BCUT2D eigenvalue weighted by Crippen LogP contribution is -2.00. The maximum atomic E-state index is 11.9. The Kier molecular flexibility index (Phi) is 4.51. The number of Topliss-reactive ketones (excluding diaryl/α,β-unsaturated/α-hetero) is 1. The van der Waals surface area contributed by atoms with E-state index in [-0.39, 0.29) is 5.78 Å². The van der Waals surface area contributed by atoms with Crippen molar-refractivity contribution >= 4 is 52.1 Å². The summed E-state index contributed by atoms with van der Waals surface area (Å²) < 4.78 is 0. The van der Waals surface area contributed by atoms with Crippen LogP contribution in [0.3, 0.4) is 0 Å². The molecule has 17 heavy (non-hydrogen) atoms. The Balaban J connectivity index is 2.02. The van der Waals surface area contributed by atoms with Gasteiger partial charge in [-0.15, -0.1) is 23.1 Å². The Morgan fingerprint density at radius 2 is 1.94 bits per heavy atom. The fraction of sp³-hybridized carbons (Fsp3) is 0.0833. The molecular weight excluding hydrogens is 295 g/mol. The van der Waals surface area contributed by atoms with Gasteiger partial charge in [-0.3, -0.25) is 4.79 Å². The van der Waals surface area contributed by atoms with E-state index in [9.17, 15) is 4.79 Å². The van der Waals surface area contributed by atoms with Gasteiger partial charge in [-0.25, -0.2) is 0 Å². The molecule has 0 aliphatic heterocycles. The number of hydrogen-bond donors (Lipinski definition) is 0. The zero-order chi connectivity index (χ0) is 12.3. The minimum Gasteiger partial charge on any atom is -0.292 e. The summed E-state index contributed by atoms with van der Waals surface area (Å²) in [7, 11) is 0. The molecule has 0 aliphatic rings. The smallest absolute Gasteiger partial charge is 0.184 e. The maximum Gasteiger partial charge on any atom is 0.184 e. The van der Waals surface area contributed by atoms with E-state index in [0.717, 1.165) is 4.90 Å². The first-order valence-corrected chi connectivity index (χ1v) is 7.44. The third-order valence-electron chi connectivity index (χ3n) is 2.07. The Morgan fingerprint density at radius 1 is 1.18 bits per heavy atom. The second-order valence-corrected chi connectivity index (χ2v) is 5.99. The molecule has 0 N–H and O–H groups in total. The zero-order valence-corrected chi connectivity index (χ0v) is 11.8. The lowest BCUT2D eigenvalue weighted by atomic mass is 10.3. The Labute approximate surface area is 118 Å². The first-order valence-electron chi connectivity index (χ1n) is 4.82. The molecule has 0 atom stereocenters. The molecule has 0 saturated carbocycles. The third kappa shape index (κ3) is 3.26. The van der Waals surface area contributed by atoms with E-state index in [1.54, 1.807) is 6.07 Å². The number of ketones is 1. The van der Waals surface area contributed by atoms with Gasteiger partial charge in [0.15, 0.2) is 5.78 Å². The fourth-order valence-corrected chi connectivity index (χ4v) is 3.57. The van der Waals surface area contributed by atoms with Crippen molar-refractivity contribution < 1.29 is 4.79 Å². The monoisotopic (exact) mass is 302 g/mol. The summed E-state index contributed by atoms with van der Waals surface area (Å²) in [5, 5.41) is 3.01. The van der Waals surface area contributed by atoms with Crippen molar-refractivity contribution in [3.05, 3.63) is 50.6 Å². The molecule has 1 heterocycles. The Hall–Kier alpha value is -0.480. The summed E-state index contributed by atoms with van der Waals surface area (Å²) in [6.45, 7) is 0. The second-order valence-electron chi connectivity index (χ2n) is 3.24. The van der Waals surface area contributed by atoms with Crippen LogP contribution in [0.25, 0.3) is 0 Å². The van der Waals surface area contributed by atoms with Gasteiger partial charge in [0, 0.05) is 4.90 Å². The summed E-state index contributed by atoms with van der Waals surface area (Å²) in [4.78, 5) is 13.4. The van der Waals surface area contributed by atoms with Gasteiger partial charge >= 0.3 is 0 Å². The number of thioether (sulfide) groups is 1. The van der Waals surface area contributed by atoms with E-state index in [2.05, 4.69) is 0 Å². The number of carbonyl (C=O) groups excluding carboxylic acids is 1. The molecule has 0 amide bonds. The van der Waals surface area contributed by atoms with Gasteiger partial charge < -0.3 is 0 Å². The van der Waals surface area contributed by atoms with Crippen LogP contribution in [0.15, 0.2) is 40.6 Å². The molecule has 0 unspecified atom stereocenters. The van der Waals surface area contributed by atoms with Crippen molar-refractivity contribution in [2.75, 3.05) is 5.75 Å². The molecule has 0 spiro atoms. The number of rotatable bonds is 4. The second kappa shape index (κ2) is 5.91. The van der Waals surface area contributed by atoms with E-state index in [0.29, 0.717) is 20.7 Å². The highest BCUT2D eigenvalue weighted by atomic mass is 35.5. The van der Waals surface area contributed by atoms with Crippen LogP contribution in [0.1, 0.15) is 9.67 Å². The fourth-order valence-electron chi connectivity index (χ4n) is 1.26. The zero-order valence-electron chi connectivity index (χ0n) is 8.65. The molecule has 1 aromatic heterocycles. The summed E-state index contributed by atoms with van der Waals surface area (Å²) in [5.74, 6) is 0.388. The number of thiophene rings is 1. The van der Waals surface area contributed by atoms with E-state index in [1.807, 2.05) is 29.6 Å².